The van der Waals surface area contributed by atoms with Gasteiger partial charge in [0.2, 0.25) is 0 Å². The monoisotopic (exact) mass is 408 g/mol. The first-order valence-electron chi connectivity index (χ1n) is 6.78. The van der Waals surface area contributed by atoms with Crippen LogP contribution in [0.2, 0.25) is 0 Å². The average Bonchev–Trinajstić information content (AvgIpc) is 3.00. The van der Waals surface area contributed by atoms with E-state index in [0.29, 0.717) is 0 Å². The van der Waals surface area contributed by atoms with Crippen molar-refractivity contribution in [3.63, 3.8) is 0 Å². The van der Waals surface area contributed by atoms with Crippen molar-refractivity contribution >= 4 is 0 Å². The number of hydrogen-bond acceptors (Lipinski definition) is 0. The van der Waals surface area contributed by atoms with Gasteiger partial charge in [-0.2, -0.15) is 35.4 Å². The molecule has 0 atom stereocenters. The summed E-state index contributed by atoms with van der Waals surface area (Å²) < 4.78 is 0. The Morgan fingerprint density at radius 2 is 1.11 bits per heavy atom. The van der Waals surface area contributed by atoms with E-state index in [1.165, 1.54) is 43.2 Å². The third-order valence-electron chi connectivity index (χ3n) is 2.82. The molecule has 2 aromatic carbocycles. The Morgan fingerprint density at radius 1 is 0.667 bits per heavy atom. The molecule has 0 aliphatic carbocycles. The SMILES string of the molecule is CCCC[c-]1cccc1.CCC[c-]1cccc1.[Hf]. The van der Waals surface area contributed by atoms with Crippen LogP contribution in [0.1, 0.15) is 44.2 Å². The Morgan fingerprint density at radius 3 is 1.50 bits per heavy atom. The van der Waals surface area contributed by atoms with Gasteiger partial charge in [0.1, 0.15) is 0 Å². The molecule has 2 rings (SSSR count). The fourth-order valence-electron chi connectivity index (χ4n) is 1.83. The summed E-state index contributed by atoms with van der Waals surface area (Å²) in [5, 5.41) is 0. The summed E-state index contributed by atoms with van der Waals surface area (Å²) >= 11 is 0. The van der Waals surface area contributed by atoms with E-state index in [9.17, 15) is 0 Å². The number of aryl methyl sites for hydroxylation is 2. The second-order valence-electron chi connectivity index (χ2n) is 4.44. The van der Waals surface area contributed by atoms with Crippen LogP contribution in [0.3, 0.4) is 0 Å². The van der Waals surface area contributed by atoms with Gasteiger partial charge in [0.25, 0.3) is 0 Å². The molecule has 0 aliphatic rings. The third-order valence-corrected chi connectivity index (χ3v) is 2.82. The van der Waals surface area contributed by atoms with Gasteiger partial charge in [0.05, 0.1) is 0 Å². The summed E-state index contributed by atoms with van der Waals surface area (Å²) in [4.78, 5) is 0. The molecule has 1 heteroatoms. The van der Waals surface area contributed by atoms with Gasteiger partial charge >= 0.3 is 0 Å². The first kappa shape index (κ1) is 17.6. The van der Waals surface area contributed by atoms with Gasteiger partial charge in [-0.15, -0.1) is 0 Å². The van der Waals surface area contributed by atoms with E-state index in [1.54, 1.807) is 0 Å². The van der Waals surface area contributed by atoms with E-state index in [4.69, 9.17) is 0 Å². The van der Waals surface area contributed by atoms with Crippen molar-refractivity contribution < 1.29 is 25.8 Å². The molecule has 0 spiro atoms. The van der Waals surface area contributed by atoms with Crippen LogP contribution in [0.25, 0.3) is 0 Å². The largest absolute Gasteiger partial charge is 0.213 e. The van der Waals surface area contributed by atoms with Gasteiger partial charge in [-0.05, 0) is 0 Å². The normalized spacial score (nSPS) is 9.22. The summed E-state index contributed by atoms with van der Waals surface area (Å²) in [6, 6.07) is 17.1. The van der Waals surface area contributed by atoms with Gasteiger partial charge in [-0.1, -0.05) is 46.0 Å². The maximum absolute atomic E-state index is 2.23. The number of hydrogen-bond donors (Lipinski definition) is 0. The van der Waals surface area contributed by atoms with Crippen molar-refractivity contribution in [1.82, 2.24) is 0 Å². The number of rotatable bonds is 5. The molecule has 18 heavy (non-hydrogen) atoms. The van der Waals surface area contributed by atoms with Gasteiger partial charge in [-0.3, -0.25) is 0 Å². The molecule has 98 valence electrons. The Balaban J connectivity index is 0.000000306. The van der Waals surface area contributed by atoms with Crippen LogP contribution in [0, 0.1) is 0 Å². The topological polar surface area (TPSA) is 0 Å². The minimum Gasteiger partial charge on any atom is -0.213 e. The molecule has 0 saturated carbocycles. The van der Waals surface area contributed by atoms with Gasteiger partial charge in [-0.25, -0.2) is 24.3 Å². The quantitative estimate of drug-likeness (QED) is 0.478. The zero-order valence-corrected chi connectivity index (χ0v) is 15.2. The molecular weight excluding hydrogens is 383 g/mol. The molecule has 0 fully saturated rings. The van der Waals surface area contributed by atoms with Crippen LogP contribution in [0.4, 0.5) is 0 Å². The fourth-order valence-corrected chi connectivity index (χ4v) is 1.83. The van der Waals surface area contributed by atoms with Gasteiger partial charge in [0, 0.05) is 25.8 Å². The van der Waals surface area contributed by atoms with E-state index < -0.39 is 0 Å². The van der Waals surface area contributed by atoms with Crippen molar-refractivity contribution in [2.45, 2.75) is 46.0 Å². The van der Waals surface area contributed by atoms with E-state index in [1.807, 2.05) is 0 Å². The molecule has 2 aromatic rings. The minimum atomic E-state index is 0. The van der Waals surface area contributed by atoms with E-state index in [0.717, 1.165) is 0 Å². The van der Waals surface area contributed by atoms with Crippen LogP contribution in [-0.4, -0.2) is 0 Å². The van der Waals surface area contributed by atoms with Gasteiger partial charge in [0.15, 0.2) is 0 Å². The molecule has 0 radical (unpaired) electrons. The Kier molecular flexibility index (Phi) is 11.4. The van der Waals surface area contributed by atoms with Crippen molar-refractivity contribution in [2.24, 2.45) is 0 Å². The number of unbranched alkanes of at least 4 members (excludes halogenated alkanes) is 1. The average molecular weight is 407 g/mol. The summed E-state index contributed by atoms with van der Waals surface area (Å²) in [7, 11) is 0. The van der Waals surface area contributed by atoms with E-state index in [-0.39, 0.29) is 25.8 Å². The molecule has 0 saturated heterocycles. The van der Waals surface area contributed by atoms with Crippen LogP contribution >= 0.6 is 0 Å². The summed E-state index contributed by atoms with van der Waals surface area (Å²) in [6.45, 7) is 4.43. The molecule has 0 bridgehead atoms. The summed E-state index contributed by atoms with van der Waals surface area (Å²) in [6.07, 6.45) is 6.36. The maximum Gasteiger partial charge on any atom is 0 e. The standard InChI is InChI=1S/C9H13.C8H11.Hf/c1-2-3-6-9-7-4-5-8-9;1-2-5-8-6-3-4-7-8;/h4-5,7-8H,2-3,6H2,1H3;3-4,6-7H,2,5H2,1H3;/q2*-1;. The molecule has 0 heterocycles. The smallest absolute Gasteiger partial charge is 0 e. The summed E-state index contributed by atoms with van der Waals surface area (Å²) in [5.41, 5.74) is 2.95. The first-order chi connectivity index (χ1) is 8.36. The first-order valence-corrected chi connectivity index (χ1v) is 6.78. The molecule has 0 aromatic heterocycles. The predicted molar refractivity (Wildman–Crippen MR) is 76.7 cm³/mol. The van der Waals surface area contributed by atoms with Crippen LogP contribution < -0.4 is 0 Å². The van der Waals surface area contributed by atoms with Crippen LogP contribution in [-0.2, 0) is 38.7 Å². The second-order valence-corrected chi connectivity index (χ2v) is 4.44. The van der Waals surface area contributed by atoms with Crippen molar-refractivity contribution in [2.75, 3.05) is 0 Å². The maximum atomic E-state index is 2.23. The molecule has 0 nitrogen and oxygen atoms in total. The van der Waals surface area contributed by atoms with Crippen molar-refractivity contribution in [1.29, 1.82) is 0 Å². The zero-order chi connectivity index (χ0) is 12.3. The molecular formula is C17H24Hf-2. The predicted octanol–water partition coefficient (Wildman–Crippen LogP) is 5.10. The minimum absolute atomic E-state index is 0. The Bertz CT molecular complexity index is 343. The van der Waals surface area contributed by atoms with Crippen LogP contribution in [0.15, 0.2) is 48.5 Å². The second kappa shape index (κ2) is 11.6. The van der Waals surface area contributed by atoms with Crippen molar-refractivity contribution in [3.8, 4) is 0 Å². The Hall–Kier alpha value is -0.430. The van der Waals surface area contributed by atoms with E-state index >= 15 is 0 Å². The van der Waals surface area contributed by atoms with Gasteiger partial charge < -0.3 is 0 Å². The summed E-state index contributed by atoms with van der Waals surface area (Å²) in [5.74, 6) is 0. The van der Waals surface area contributed by atoms with E-state index in [2.05, 4.69) is 62.4 Å². The Labute approximate surface area is 131 Å². The van der Waals surface area contributed by atoms with Crippen LogP contribution in [0.5, 0.6) is 0 Å². The fraction of sp³-hybridized carbons (Fsp3) is 0.412. The molecule has 0 N–H and O–H groups in total. The third kappa shape index (κ3) is 7.81. The zero-order valence-electron chi connectivity index (χ0n) is 11.7. The van der Waals surface area contributed by atoms with Crippen molar-refractivity contribution in [3.05, 3.63) is 59.7 Å². The molecule has 0 unspecified atom stereocenters. The molecule has 0 amide bonds. The molecule has 0 aliphatic heterocycles.